The number of nitrogens with one attached hydrogen (secondary N) is 1. The number of quaternary nitrogens is 1. The van der Waals surface area contributed by atoms with Crippen molar-refractivity contribution in [2.24, 2.45) is 5.90 Å². The average molecular weight is 252 g/mol. The van der Waals surface area contributed by atoms with Crippen molar-refractivity contribution in [1.82, 2.24) is 5.32 Å². The van der Waals surface area contributed by atoms with Gasteiger partial charge in [0.1, 0.15) is 13.2 Å². The van der Waals surface area contributed by atoms with Gasteiger partial charge in [0.25, 0.3) is 0 Å². The molecule has 5 heteroatoms. The Morgan fingerprint density at radius 2 is 1.78 bits per heavy atom. The van der Waals surface area contributed by atoms with Crippen LogP contribution in [0.1, 0.15) is 11.1 Å². The van der Waals surface area contributed by atoms with E-state index in [1.807, 2.05) is 12.1 Å². The average Bonchev–Trinajstić information content (AvgIpc) is 2.26. The number of amides is 1. The van der Waals surface area contributed by atoms with Crippen LogP contribution in [0.25, 0.3) is 0 Å². The maximum Gasteiger partial charge on any atom is 0.248 e. The van der Waals surface area contributed by atoms with Crippen LogP contribution in [0.4, 0.5) is 0 Å². The molecule has 0 atom stereocenters. The summed E-state index contributed by atoms with van der Waals surface area (Å²) in [5.41, 5.74) is 2.34. The second kappa shape index (κ2) is 6.49. The van der Waals surface area contributed by atoms with Gasteiger partial charge in [0, 0.05) is 12.1 Å². The van der Waals surface area contributed by atoms with Crippen molar-refractivity contribution in [3.8, 4) is 0 Å². The van der Waals surface area contributed by atoms with Crippen LogP contribution in [0.15, 0.2) is 24.3 Å². The fraction of sp³-hybridized carbons (Fsp3) is 0.462. The van der Waals surface area contributed by atoms with Gasteiger partial charge in [-0.1, -0.05) is 24.3 Å². The van der Waals surface area contributed by atoms with Gasteiger partial charge in [-0.3, -0.25) is 9.63 Å². The van der Waals surface area contributed by atoms with Gasteiger partial charge in [0.05, 0.1) is 21.1 Å². The summed E-state index contributed by atoms with van der Waals surface area (Å²) in [7, 11) is 6.46. The fourth-order valence-corrected chi connectivity index (χ4v) is 1.64. The van der Waals surface area contributed by atoms with E-state index in [-0.39, 0.29) is 12.5 Å². The highest BCUT2D eigenvalue weighted by molar-refractivity contribution is 5.77. The lowest BCUT2D eigenvalue weighted by Gasteiger charge is -2.23. The molecule has 5 nitrogen and oxygen atoms in total. The summed E-state index contributed by atoms with van der Waals surface area (Å²) in [5.74, 6) is 4.60. The number of hydrogen-bond donors (Lipinski definition) is 2. The Hall–Kier alpha value is -1.43. The Balaban J connectivity index is 2.48. The molecule has 0 spiro atoms. The second-order valence-corrected chi connectivity index (χ2v) is 5.35. The molecule has 0 heterocycles. The molecular weight excluding hydrogens is 230 g/mol. The first kappa shape index (κ1) is 14.6. The Kier molecular flexibility index (Phi) is 5.27. The molecule has 1 aromatic rings. The van der Waals surface area contributed by atoms with Crippen LogP contribution in [0.3, 0.4) is 0 Å². The Labute approximate surface area is 108 Å². The normalized spacial score (nSPS) is 11.3. The van der Waals surface area contributed by atoms with E-state index in [0.29, 0.717) is 6.54 Å². The molecule has 0 saturated carbocycles. The molecule has 0 bridgehead atoms. The highest BCUT2D eigenvalue weighted by Crippen LogP contribution is 2.08. The molecule has 0 fully saturated rings. The summed E-state index contributed by atoms with van der Waals surface area (Å²) in [6, 6.07) is 8.22. The van der Waals surface area contributed by atoms with Gasteiger partial charge in [-0.05, 0) is 5.56 Å². The van der Waals surface area contributed by atoms with Crippen LogP contribution in [0.2, 0.25) is 0 Å². The van der Waals surface area contributed by atoms with Gasteiger partial charge in [-0.15, -0.1) is 0 Å². The van der Waals surface area contributed by atoms with Gasteiger partial charge < -0.3 is 9.80 Å². The van der Waals surface area contributed by atoms with E-state index in [2.05, 4.69) is 43.4 Å². The maximum absolute atomic E-state index is 11.2. The van der Waals surface area contributed by atoms with E-state index in [9.17, 15) is 4.79 Å². The number of nitrogens with zero attached hydrogens (tertiary/aromatic N) is 1. The molecule has 1 aromatic carbocycles. The monoisotopic (exact) mass is 252 g/mol. The molecule has 3 N–H and O–H groups in total. The molecule has 0 saturated heterocycles. The summed E-state index contributed by atoms with van der Waals surface area (Å²) in [6.07, 6.45) is 0. The van der Waals surface area contributed by atoms with Gasteiger partial charge in [0.15, 0.2) is 0 Å². The minimum atomic E-state index is -0.215. The Morgan fingerprint density at radius 1 is 1.22 bits per heavy atom. The third-order valence-electron chi connectivity index (χ3n) is 2.38. The highest BCUT2D eigenvalue weighted by Gasteiger charge is 2.08. The zero-order chi connectivity index (χ0) is 13.6. The molecule has 1 amide bonds. The van der Waals surface area contributed by atoms with Gasteiger partial charge in [-0.25, -0.2) is 5.90 Å². The number of nitrogens with two attached hydrogens (primary N) is 1. The van der Waals surface area contributed by atoms with Crippen LogP contribution in [0, 0.1) is 0 Å². The Bertz CT molecular complexity index is 382. The summed E-state index contributed by atoms with van der Waals surface area (Å²) < 4.78 is 0.893. The fourth-order valence-electron chi connectivity index (χ4n) is 1.64. The first-order chi connectivity index (χ1) is 8.40. The molecule has 18 heavy (non-hydrogen) atoms. The van der Waals surface area contributed by atoms with E-state index < -0.39 is 0 Å². The van der Waals surface area contributed by atoms with Crippen molar-refractivity contribution >= 4 is 5.91 Å². The largest absolute Gasteiger partial charge is 0.350 e. The summed E-state index contributed by atoms with van der Waals surface area (Å²) in [6.45, 7) is 1.36. The van der Waals surface area contributed by atoms with E-state index in [0.717, 1.165) is 16.6 Å². The van der Waals surface area contributed by atoms with Crippen molar-refractivity contribution in [1.29, 1.82) is 0 Å². The van der Waals surface area contributed by atoms with E-state index in [1.165, 1.54) is 5.56 Å². The molecule has 0 aliphatic heterocycles. The van der Waals surface area contributed by atoms with Gasteiger partial charge in [-0.2, -0.15) is 0 Å². The van der Waals surface area contributed by atoms with Crippen LogP contribution in [-0.2, 0) is 22.7 Å². The number of hydrogen-bond acceptors (Lipinski definition) is 3. The second-order valence-electron chi connectivity index (χ2n) is 5.35. The lowest BCUT2D eigenvalue weighted by Crippen LogP contribution is -2.33. The first-order valence-corrected chi connectivity index (χ1v) is 5.87. The maximum atomic E-state index is 11.2. The third kappa shape index (κ3) is 5.77. The van der Waals surface area contributed by atoms with Crippen LogP contribution >= 0.6 is 0 Å². The van der Waals surface area contributed by atoms with Crippen LogP contribution < -0.4 is 11.2 Å². The van der Waals surface area contributed by atoms with Crippen molar-refractivity contribution in [2.45, 2.75) is 13.1 Å². The van der Waals surface area contributed by atoms with Crippen LogP contribution in [-0.4, -0.2) is 38.1 Å². The highest BCUT2D eigenvalue weighted by atomic mass is 16.6. The number of rotatable bonds is 6. The molecular formula is C13H22N3O2+. The van der Waals surface area contributed by atoms with Gasteiger partial charge in [0.2, 0.25) is 5.91 Å². The van der Waals surface area contributed by atoms with Gasteiger partial charge >= 0.3 is 0 Å². The first-order valence-electron chi connectivity index (χ1n) is 5.87. The molecule has 1 rings (SSSR count). The summed E-state index contributed by atoms with van der Waals surface area (Å²) >= 11 is 0. The van der Waals surface area contributed by atoms with E-state index in [1.54, 1.807) is 0 Å². The molecule has 0 aliphatic carbocycles. The van der Waals surface area contributed by atoms with Crippen molar-refractivity contribution in [3.63, 3.8) is 0 Å². The van der Waals surface area contributed by atoms with E-state index in [4.69, 9.17) is 5.90 Å². The third-order valence-corrected chi connectivity index (χ3v) is 2.38. The molecule has 0 aliphatic rings. The SMILES string of the molecule is C[N+](C)(C)Cc1ccc(CNC(=O)CON)cc1. The predicted molar refractivity (Wildman–Crippen MR) is 70.2 cm³/mol. The molecule has 0 radical (unpaired) electrons. The quantitative estimate of drug-likeness (QED) is 0.569. The van der Waals surface area contributed by atoms with Crippen molar-refractivity contribution < 1.29 is 14.1 Å². The lowest BCUT2D eigenvalue weighted by atomic mass is 10.1. The number of benzene rings is 1. The van der Waals surface area contributed by atoms with Crippen molar-refractivity contribution in [3.05, 3.63) is 35.4 Å². The van der Waals surface area contributed by atoms with Crippen LogP contribution in [0.5, 0.6) is 0 Å². The topological polar surface area (TPSA) is 64.3 Å². The standard InChI is InChI=1S/C13H21N3O2/c1-16(2,3)9-12-6-4-11(5-7-12)8-15-13(17)10-18-14/h4-7H,8-10,14H2,1-3H3/p+1. The lowest BCUT2D eigenvalue weighted by molar-refractivity contribution is -0.884. The number of carbonyl (C=O) groups excluding carboxylic acids is 1. The molecule has 0 unspecified atom stereocenters. The molecule has 100 valence electrons. The molecule has 0 aromatic heterocycles. The minimum absolute atomic E-state index is 0.112. The zero-order valence-corrected chi connectivity index (χ0v) is 11.3. The number of carbonyl (C=O) groups is 1. The van der Waals surface area contributed by atoms with E-state index >= 15 is 0 Å². The summed E-state index contributed by atoms with van der Waals surface area (Å²) in [4.78, 5) is 15.4. The minimum Gasteiger partial charge on any atom is -0.350 e. The predicted octanol–water partition coefficient (Wildman–Crippen LogP) is 0.399. The van der Waals surface area contributed by atoms with Crippen molar-refractivity contribution in [2.75, 3.05) is 27.7 Å². The zero-order valence-electron chi connectivity index (χ0n) is 11.3. The smallest absolute Gasteiger partial charge is 0.248 e. The Morgan fingerprint density at radius 3 is 2.28 bits per heavy atom. The summed E-state index contributed by atoms with van der Waals surface area (Å²) in [5, 5.41) is 2.72.